The van der Waals surface area contributed by atoms with Crippen molar-refractivity contribution in [3.63, 3.8) is 0 Å². The molecule has 9 heteroatoms. The van der Waals surface area contributed by atoms with E-state index in [4.69, 9.17) is 16.3 Å². The van der Waals surface area contributed by atoms with E-state index in [2.05, 4.69) is 22.0 Å². The summed E-state index contributed by atoms with van der Waals surface area (Å²) in [6.07, 6.45) is 4.42. The molecular weight excluding hydrogens is 453 g/mol. The van der Waals surface area contributed by atoms with Gasteiger partial charge in [-0.15, -0.1) is 0 Å². The highest BCUT2D eigenvalue weighted by atomic mass is 35.5. The average Bonchev–Trinajstić information content (AvgIpc) is 3.02. The molecule has 5 rings (SSSR count). The van der Waals surface area contributed by atoms with Crippen molar-refractivity contribution in [1.29, 1.82) is 0 Å². The molecule has 1 spiro atoms. The number of ether oxygens (including phenoxy) is 1. The molecule has 1 saturated heterocycles. The van der Waals surface area contributed by atoms with E-state index in [1.165, 1.54) is 12.1 Å². The maximum Gasteiger partial charge on any atom is 0.235 e. The SMILES string of the molecule is CN1CCC(Oc2cc(NS(=O)c3ccc(F)cc3Cl)cc3c2NC(=O)C32CCC2)CC1. The van der Waals surface area contributed by atoms with Crippen molar-refractivity contribution in [2.45, 2.75) is 48.5 Å². The van der Waals surface area contributed by atoms with Gasteiger partial charge in [-0.25, -0.2) is 8.60 Å². The van der Waals surface area contributed by atoms with Crippen LogP contribution in [-0.4, -0.2) is 41.3 Å². The number of nitrogens with zero attached hydrogens (tertiary/aromatic N) is 1. The van der Waals surface area contributed by atoms with Crippen LogP contribution in [0.15, 0.2) is 35.2 Å². The molecule has 2 aliphatic heterocycles. The quantitative estimate of drug-likeness (QED) is 0.667. The molecule has 1 unspecified atom stereocenters. The highest BCUT2D eigenvalue weighted by molar-refractivity contribution is 7.86. The van der Waals surface area contributed by atoms with Gasteiger partial charge in [0.15, 0.2) is 11.0 Å². The van der Waals surface area contributed by atoms with Crippen molar-refractivity contribution < 1.29 is 18.1 Å². The normalized spacial score (nSPS) is 21.0. The first-order valence-electron chi connectivity index (χ1n) is 10.8. The highest BCUT2D eigenvalue weighted by Gasteiger charge is 2.52. The molecule has 6 nitrogen and oxygen atoms in total. The lowest BCUT2D eigenvalue weighted by Crippen LogP contribution is -2.40. The third kappa shape index (κ3) is 3.78. The summed E-state index contributed by atoms with van der Waals surface area (Å²) in [7, 11) is 0.388. The van der Waals surface area contributed by atoms with Crippen LogP contribution in [0.5, 0.6) is 5.75 Å². The summed E-state index contributed by atoms with van der Waals surface area (Å²) < 4.78 is 35.7. The number of hydrogen-bond acceptors (Lipinski definition) is 4. The van der Waals surface area contributed by atoms with Crippen LogP contribution in [0.1, 0.15) is 37.7 Å². The van der Waals surface area contributed by atoms with E-state index in [-0.39, 0.29) is 17.0 Å². The summed E-state index contributed by atoms with van der Waals surface area (Å²) in [4.78, 5) is 15.4. The maximum atomic E-state index is 13.4. The van der Waals surface area contributed by atoms with Crippen LogP contribution < -0.4 is 14.8 Å². The van der Waals surface area contributed by atoms with E-state index in [0.29, 0.717) is 16.3 Å². The lowest BCUT2D eigenvalue weighted by Gasteiger charge is -2.36. The minimum absolute atomic E-state index is 0.00632. The molecule has 0 bridgehead atoms. The van der Waals surface area contributed by atoms with Crippen molar-refractivity contribution in [2.75, 3.05) is 30.2 Å². The third-order valence-corrected chi connectivity index (χ3v) is 8.36. The standard InChI is InChI=1S/C23H25ClFN3O3S/c1-28-9-5-16(6-10-28)31-19-13-15(27-32(30)20-4-3-14(25)11-18(20)24)12-17-21(19)26-22(29)23(17)7-2-8-23/h3-4,11-13,16,27H,2,5-10H2,1H3,(H,26,29). The largest absolute Gasteiger partial charge is 0.488 e. The number of carbonyl (C=O) groups excluding carboxylic acids is 1. The van der Waals surface area contributed by atoms with Gasteiger partial charge in [-0.1, -0.05) is 18.0 Å². The van der Waals surface area contributed by atoms with Gasteiger partial charge >= 0.3 is 0 Å². The Hall–Kier alpha value is -2.16. The Morgan fingerprint density at radius 2 is 2.00 bits per heavy atom. The van der Waals surface area contributed by atoms with Crippen molar-refractivity contribution in [1.82, 2.24) is 4.90 Å². The number of piperidine rings is 1. The number of halogens is 2. The molecule has 3 aliphatic rings. The molecule has 0 radical (unpaired) electrons. The summed E-state index contributed by atoms with van der Waals surface area (Å²) in [6.45, 7) is 1.91. The van der Waals surface area contributed by atoms with Gasteiger partial charge in [-0.2, -0.15) is 0 Å². The van der Waals surface area contributed by atoms with Crippen molar-refractivity contribution in [3.05, 3.63) is 46.7 Å². The second-order valence-electron chi connectivity index (χ2n) is 8.85. The van der Waals surface area contributed by atoms with Crippen molar-refractivity contribution >= 4 is 39.9 Å². The Kier molecular flexibility index (Phi) is 5.63. The van der Waals surface area contributed by atoms with E-state index < -0.39 is 22.2 Å². The number of carbonyl (C=O) groups is 1. The minimum Gasteiger partial charge on any atom is -0.488 e. The van der Waals surface area contributed by atoms with Gasteiger partial charge in [0, 0.05) is 19.2 Å². The minimum atomic E-state index is -1.70. The van der Waals surface area contributed by atoms with E-state index >= 15 is 0 Å². The Labute approximate surface area is 194 Å². The van der Waals surface area contributed by atoms with Gasteiger partial charge in [-0.05, 0) is 62.6 Å². The predicted molar refractivity (Wildman–Crippen MR) is 123 cm³/mol. The third-order valence-electron chi connectivity index (χ3n) is 6.76. The van der Waals surface area contributed by atoms with Crippen LogP contribution in [0.2, 0.25) is 5.02 Å². The zero-order valence-electron chi connectivity index (χ0n) is 17.7. The first-order chi connectivity index (χ1) is 15.4. The molecule has 32 heavy (non-hydrogen) atoms. The fourth-order valence-electron chi connectivity index (χ4n) is 4.73. The molecule has 2 fully saturated rings. The Balaban J connectivity index is 1.48. The molecule has 0 aromatic heterocycles. The van der Waals surface area contributed by atoms with E-state index in [1.807, 2.05) is 6.07 Å². The van der Waals surface area contributed by atoms with E-state index in [1.54, 1.807) is 6.07 Å². The topological polar surface area (TPSA) is 70.7 Å². The fourth-order valence-corrected chi connectivity index (χ4v) is 5.97. The molecule has 1 saturated carbocycles. The first-order valence-corrected chi connectivity index (χ1v) is 12.4. The molecule has 2 aromatic carbocycles. The van der Waals surface area contributed by atoms with Gasteiger partial charge in [0.2, 0.25) is 5.91 Å². The summed E-state index contributed by atoms with van der Waals surface area (Å²) >= 11 is 6.10. The zero-order chi connectivity index (χ0) is 22.5. The lowest BCUT2D eigenvalue weighted by atomic mass is 9.65. The maximum absolute atomic E-state index is 13.4. The number of benzene rings is 2. The number of rotatable bonds is 5. The second kappa shape index (κ2) is 8.32. The van der Waals surface area contributed by atoms with Crippen LogP contribution in [0.3, 0.4) is 0 Å². The van der Waals surface area contributed by atoms with Gasteiger partial charge < -0.3 is 19.7 Å². The van der Waals surface area contributed by atoms with Gasteiger partial charge in [0.05, 0.1) is 26.7 Å². The highest BCUT2D eigenvalue weighted by Crippen LogP contribution is 2.54. The molecular formula is C23H25ClFN3O3S. The van der Waals surface area contributed by atoms with Crippen LogP contribution in [0, 0.1) is 5.82 Å². The predicted octanol–water partition coefficient (Wildman–Crippen LogP) is 4.46. The number of hydrogen-bond donors (Lipinski definition) is 2. The summed E-state index contributed by atoms with van der Waals surface area (Å²) in [5.41, 5.74) is 1.66. The van der Waals surface area contributed by atoms with Crippen LogP contribution >= 0.6 is 11.6 Å². The molecule has 1 amide bonds. The second-order valence-corrected chi connectivity index (χ2v) is 10.4. The van der Waals surface area contributed by atoms with Crippen molar-refractivity contribution in [2.24, 2.45) is 0 Å². The molecule has 2 N–H and O–H groups in total. The summed E-state index contributed by atoms with van der Waals surface area (Å²) in [6, 6.07) is 7.43. The first kappa shape index (κ1) is 21.7. The molecule has 170 valence electrons. The van der Waals surface area contributed by atoms with E-state index in [0.717, 1.165) is 62.5 Å². The van der Waals surface area contributed by atoms with Gasteiger partial charge in [0.25, 0.3) is 0 Å². The van der Waals surface area contributed by atoms with Crippen LogP contribution in [0.4, 0.5) is 15.8 Å². The summed E-state index contributed by atoms with van der Waals surface area (Å²) in [5, 5.41) is 3.13. The Bertz CT molecular complexity index is 1100. The molecule has 2 aromatic rings. The zero-order valence-corrected chi connectivity index (χ0v) is 19.3. The smallest absolute Gasteiger partial charge is 0.235 e. The summed E-state index contributed by atoms with van der Waals surface area (Å²) in [5.74, 6) is 0.115. The number of nitrogens with one attached hydrogen (secondary N) is 2. The monoisotopic (exact) mass is 477 g/mol. The Morgan fingerprint density at radius 3 is 2.66 bits per heavy atom. The van der Waals surface area contributed by atoms with Crippen LogP contribution in [0.25, 0.3) is 0 Å². The lowest BCUT2D eigenvalue weighted by molar-refractivity contribution is -0.123. The van der Waals surface area contributed by atoms with Crippen molar-refractivity contribution in [3.8, 4) is 5.75 Å². The van der Waals surface area contributed by atoms with E-state index in [9.17, 15) is 13.4 Å². The molecule has 2 heterocycles. The number of fused-ring (bicyclic) bond motifs is 2. The van der Waals surface area contributed by atoms with Gasteiger partial charge in [0.1, 0.15) is 17.7 Å². The molecule has 1 atom stereocenters. The van der Waals surface area contributed by atoms with Gasteiger partial charge in [-0.3, -0.25) is 4.79 Å². The average molecular weight is 478 g/mol. The fraction of sp³-hybridized carbons (Fsp3) is 0.435. The number of amides is 1. The Morgan fingerprint density at radius 1 is 1.25 bits per heavy atom. The van der Waals surface area contributed by atoms with Crippen LogP contribution in [-0.2, 0) is 21.2 Å². The number of likely N-dealkylation sites (tertiary alicyclic amines) is 1. The molecule has 1 aliphatic carbocycles. The number of anilines is 2.